The van der Waals surface area contributed by atoms with E-state index in [4.69, 9.17) is 10.00 Å². The number of methoxy groups -OCH3 is 1. The van der Waals surface area contributed by atoms with Gasteiger partial charge in [0.1, 0.15) is 11.6 Å². The van der Waals surface area contributed by atoms with Crippen molar-refractivity contribution >= 4 is 0 Å². The van der Waals surface area contributed by atoms with Gasteiger partial charge in [0.2, 0.25) is 0 Å². The summed E-state index contributed by atoms with van der Waals surface area (Å²) in [5, 5.41) is 8.68. The number of rotatable bonds is 4. The highest BCUT2D eigenvalue weighted by Gasteiger charge is 2.11. The fraction of sp³-hybridized carbons (Fsp3) is 0.333. The summed E-state index contributed by atoms with van der Waals surface area (Å²) in [6, 6.07) is 8.22. The Morgan fingerprint density at radius 1 is 1.42 bits per heavy atom. The summed E-state index contributed by atoms with van der Waals surface area (Å²) in [5.41, 5.74) is 3.10. The summed E-state index contributed by atoms with van der Waals surface area (Å²) in [5.74, 6) is 1.93. The maximum absolute atomic E-state index is 8.68. The molecule has 0 fully saturated rings. The maximum atomic E-state index is 8.68. The lowest BCUT2D eigenvalue weighted by Crippen LogP contribution is -1.93. The molecule has 0 radical (unpaired) electrons. The molecule has 1 aromatic heterocycles. The van der Waals surface area contributed by atoms with E-state index in [-0.39, 0.29) is 6.42 Å². The first-order valence-electron chi connectivity index (χ1n) is 6.24. The van der Waals surface area contributed by atoms with Crippen LogP contribution in [-0.2, 0) is 6.42 Å². The zero-order valence-corrected chi connectivity index (χ0v) is 11.4. The van der Waals surface area contributed by atoms with Gasteiger partial charge in [-0.05, 0) is 23.6 Å². The van der Waals surface area contributed by atoms with Gasteiger partial charge in [0.15, 0.2) is 0 Å². The molecule has 0 aliphatic rings. The average Bonchev–Trinajstić information content (AvgIpc) is 2.87. The van der Waals surface area contributed by atoms with Crippen LogP contribution in [0.1, 0.15) is 31.2 Å². The first-order valence-corrected chi connectivity index (χ1v) is 6.24. The first kappa shape index (κ1) is 13.2. The van der Waals surface area contributed by atoms with Gasteiger partial charge in [-0.25, -0.2) is 4.98 Å². The molecule has 0 saturated carbocycles. The number of hydrogen-bond donors (Lipinski definition) is 1. The van der Waals surface area contributed by atoms with Gasteiger partial charge < -0.3 is 9.72 Å². The summed E-state index contributed by atoms with van der Waals surface area (Å²) in [7, 11) is 1.65. The minimum Gasteiger partial charge on any atom is -0.496 e. The molecule has 0 saturated heterocycles. The lowest BCUT2D eigenvalue weighted by atomic mass is 9.99. The molecule has 0 aliphatic carbocycles. The van der Waals surface area contributed by atoms with Crippen LogP contribution in [-0.4, -0.2) is 17.1 Å². The number of aromatic amines is 1. The fourth-order valence-electron chi connectivity index (χ4n) is 1.96. The Labute approximate surface area is 113 Å². The van der Waals surface area contributed by atoms with E-state index in [9.17, 15) is 0 Å². The molecule has 19 heavy (non-hydrogen) atoms. The molecule has 0 atom stereocenters. The van der Waals surface area contributed by atoms with Gasteiger partial charge in [0.05, 0.1) is 31.5 Å². The zero-order chi connectivity index (χ0) is 13.8. The van der Waals surface area contributed by atoms with Crippen LogP contribution < -0.4 is 4.74 Å². The first-order chi connectivity index (χ1) is 9.15. The lowest BCUT2D eigenvalue weighted by Gasteiger charge is -2.11. The monoisotopic (exact) mass is 255 g/mol. The van der Waals surface area contributed by atoms with Gasteiger partial charge in [-0.3, -0.25) is 0 Å². The number of benzene rings is 1. The Morgan fingerprint density at radius 3 is 2.84 bits per heavy atom. The van der Waals surface area contributed by atoms with E-state index in [2.05, 4.69) is 42.0 Å². The molecule has 0 spiro atoms. The molecular weight excluding hydrogens is 238 g/mol. The second kappa shape index (κ2) is 5.57. The minimum atomic E-state index is 0.284. The predicted octanol–water partition coefficient (Wildman–Crippen LogP) is 3.27. The van der Waals surface area contributed by atoms with Crippen LogP contribution in [0.4, 0.5) is 0 Å². The smallest absolute Gasteiger partial charge is 0.128 e. The third-order valence-corrected chi connectivity index (χ3v) is 3.06. The van der Waals surface area contributed by atoms with E-state index in [0.717, 1.165) is 17.0 Å². The van der Waals surface area contributed by atoms with E-state index in [1.165, 1.54) is 5.56 Å². The van der Waals surface area contributed by atoms with Crippen molar-refractivity contribution in [2.75, 3.05) is 7.11 Å². The molecule has 2 aromatic rings. The molecule has 1 aromatic carbocycles. The van der Waals surface area contributed by atoms with E-state index in [1.54, 1.807) is 13.3 Å². The highest BCUT2D eigenvalue weighted by atomic mass is 16.5. The van der Waals surface area contributed by atoms with Crippen molar-refractivity contribution in [2.45, 2.75) is 26.2 Å². The Bertz CT molecular complexity index is 608. The molecule has 2 rings (SSSR count). The number of imidazole rings is 1. The van der Waals surface area contributed by atoms with E-state index in [0.29, 0.717) is 11.7 Å². The number of aromatic nitrogens is 2. The van der Waals surface area contributed by atoms with Crippen LogP contribution in [0.2, 0.25) is 0 Å². The third kappa shape index (κ3) is 2.76. The second-order valence-corrected chi connectivity index (χ2v) is 4.69. The number of H-pyrrole nitrogens is 1. The van der Waals surface area contributed by atoms with Crippen molar-refractivity contribution in [1.29, 1.82) is 5.26 Å². The zero-order valence-electron chi connectivity index (χ0n) is 11.4. The molecule has 4 heteroatoms. The number of nitrogens with zero attached hydrogens (tertiary/aromatic N) is 2. The molecule has 4 nitrogen and oxygen atoms in total. The standard InChI is InChI=1S/C15H17N3O/c1-10(2)11-4-5-14(19-3)12(8-11)13-9-17-15(18-13)6-7-16/h4-5,8-10H,6H2,1-3H3,(H,17,18). The molecule has 0 bridgehead atoms. The van der Waals surface area contributed by atoms with Crippen LogP contribution in [0.25, 0.3) is 11.3 Å². The largest absolute Gasteiger partial charge is 0.496 e. The van der Waals surface area contributed by atoms with Crippen LogP contribution in [0.15, 0.2) is 24.4 Å². The van der Waals surface area contributed by atoms with Crippen molar-refractivity contribution in [1.82, 2.24) is 9.97 Å². The molecular formula is C15H17N3O. The highest BCUT2D eigenvalue weighted by Crippen LogP contribution is 2.31. The second-order valence-electron chi connectivity index (χ2n) is 4.69. The minimum absolute atomic E-state index is 0.284. The fourth-order valence-corrected chi connectivity index (χ4v) is 1.96. The van der Waals surface area contributed by atoms with Crippen molar-refractivity contribution in [2.24, 2.45) is 0 Å². The molecule has 98 valence electrons. The van der Waals surface area contributed by atoms with Gasteiger partial charge in [0, 0.05) is 5.56 Å². The molecule has 1 N–H and O–H groups in total. The summed E-state index contributed by atoms with van der Waals surface area (Å²) < 4.78 is 5.39. The van der Waals surface area contributed by atoms with Gasteiger partial charge in [-0.2, -0.15) is 5.26 Å². The van der Waals surface area contributed by atoms with Crippen LogP contribution >= 0.6 is 0 Å². The summed E-state index contributed by atoms with van der Waals surface area (Å²) in [6.07, 6.45) is 2.03. The third-order valence-electron chi connectivity index (χ3n) is 3.06. The van der Waals surface area contributed by atoms with Crippen molar-refractivity contribution in [3.05, 3.63) is 35.8 Å². The Kier molecular flexibility index (Phi) is 3.86. The summed E-state index contributed by atoms with van der Waals surface area (Å²) >= 11 is 0. The molecule has 1 heterocycles. The van der Waals surface area contributed by atoms with Gasteiger partial charge in [0.25, 0.3) is 0 Å². The molecule has 0 aliphatic heterocycles. The Hall–Kier alpha value is -2.28. The summed E-state index contributed by atoms with van der Waals surface area (Å²) in [6.45, 7) is 4.30. The number of nitriles is 1. The molecule has 0 amide bonds. The van der Waals surface area contributed by atoms with Gasteiger partial charge in [-0.1, -0.05) is 19.9 Å². The van der Waals surface area contributed by atoms with E-state index >= 15 is 0 Å². The Balaban J connectivity index is 2.46. The summed E-state index contributed by atoms with van der Waals surface area (Å²) in [4.78, 5) is 7.36. The normalized spacial score (nSPS) is 10.5. The van der Waals surface area contributed by atoms with Crippen molar-refractivity contribution < 1.29 is 4.74 Å². The SMILES string of the molecule is COc1ccc(C(C)C)cc1-c1cnc(CC#N)[nH]1. The van der Waals surface area contributed by atoms with Crippen molar-refractivity contribution in [3.63, 3.8) is 0 Å². The number of hydrogen-bond acceptors (Lipinski definition) is 3. The highest BCUT2D eigenvalue weighted by molar-refractivity contribution is 5.68. The number of ether oxygens (including phenoxy) is 1. The number of nitrogens with one attached hydrogen (secondary N) is 1. The van der Waals surface area contributed by atoms with E-state index < -0.39 is 0 Å². The van der Waals surface area contributed by atoms with Gasteiger partial charge in [-0.15, -0.1) is 0 Å². The topological polar surface area (TPSA) is 61.7 Å². The Morgan fingerprint density at radius 2 is 2.21 bits per heavy atom. The molecule has 0 unspecified atom stereocenters. The van der Waals surface area contributed by atoms with Crippen LogP contribution in [0, 0.1) is 11.3 Å². The van der Waals surface area contributed by atoms with Crippen LogP contribution in [0.5, 0.6) is 5.75 Å². The van der Waals surface area contributed by atoms with E-state index in [1.807, 2.05) is 6.07 Å². The van der Waals surface area contributed by atoms with Gasteiger partial charge >= 0.3 is 0 Å². The predicted molar refractivity (Wildman–Crippen MR) is 74.0 cm³/mol. The maximum Gasteiger partial charge on any atom is 0.128 e. The van der Waals surface area contributed by atoms with Crippen molar-refractivity contribution in [3.8, 4) is 23.1 Å². The quantitative estimate of drug-likeness (QED) is 0.912. The lowest BCUT2D eigenvalue weighted by molar-refractivity contribution is 0.416. The van der Waals surface area contributed by atoms with Crippen LogP contribution in [0.3, 0.4) is 0 Å². The average molecular weight is 255 g/mol.